The molecular weight excluding hydrogens is 336 g/mol. The van der Waals surface area contributed by atoms with Gasteiger partial charge in [-0.05, 0) is 46.8 Å². The van der Waals surface area contributed by atoms with Crippen LogP contribution in [-0.2, 0) is 10.0 Å². The van der Waals surface area contributed by atoms with E-state index in [9.17, 15) is 8.42 Å². The summed E-state index contributed by atoms with van der Waals surface area (Å²) in [7, 11) is -3.43. The van der Waals surface area contributed by atoms with E-state index in [0.29, 0.717) is 10.1 Å². The Bertz CT molecular complexity index is 478. The first-order valence-electron chi connectivity index (χ1n) is 5.73. The van der Waals surface area contributed by atoms with Gasteiger partial charge in [0, 0.05) is 12.6 Å². The van der Waals surface area contributed by atoms with Gasteiger partial charge in [-0.25, -0.2) is 13.1 Å². The average Bonchev–Trinajstić information content (AvgIpc) is 2.56. The lowest BCUT2D eigenvalue weighted by Gasteiger charge is -2.14. The smallest absolute Gasteiger partial charge is 0.250 e. The molecule has 0 amide bonds. The second kappa shape index (κ2) is 6.47. The summed E-state index contributed by atoms with van der Waals surface area (Å²) in [6.07, 6.45) is 0.801. The van der Waals surface area contributed by atoms with Gasteiger partial charge >= 0.3 is 0 Å². The molecule has 0 fully saturated rings. The van der Waals surface area contributed by atoms with Crippen LogP contribution in [0.5, 0.6) is 0 Å². The molecule has 0 bridgehead atoms. The Balaban J connectivity index is 2.66. The average molecular weight is 355 g/mol. The molecule has 1 atom stereocenters. The van der Waals surface area contributed by atoms with Gasteiger partial charge in [0.05, 0.1) is 3.79 Å². The van der Waals surface area contributed by atoms with E-state index in [1.165, 1.54) is 11.3 Å². The molecule has 0 aliphatic heterocycles. The minimum atomic E-state index is -3.43. The quantitative estimate of drug-likeness (QED) is 0.823. The third-order valence-electron chi connectivity index (χ3n) is 2.41. The predicted molar refractivity (Wildman–Crippen MR) is 79.4 cm³/mol. The first-order chi connectivity index (χ1) is 8.22. The van der Waals surface area contributed by atoms with Crippen LogP contribution < -0.4 is 10.5 Å². The molecule has 104 valence electrons. The summed E-state index contributed by atoms with van der Waals surface area (Å²) >= 11 is 4.54. The number of aryl methyl sites for hydroxylation is 1. The van der Waals surface area contributed by atoms with Crippen LogP contribution in [0.15, 0.2) is 14.1 Å². The summed E-state index contributed by atoms with van der Waals surface area (Å²) < 4.78 is 27.7. The summed E-state index contributed by atoms with van der Waals surface area (Å²) in [5, 5.41) is 0. The van der Waals surface area contributed by atoms with Crippen LogP contribution in [0.1, 0.15) is 25.8 Å². The van der Waals surface area contributed by atoms with E-state index in [1.54, 1.807) is 6.07 Å². The summed E-state index contributed by atoms with van der Waals surface area (Å²) in [6.45, 7) is 6.27. The van der Waals surface area contributed by atoms with Gasteiger partial charge in [-0.15, -0.1) is 11.3 Å². The number of hydrogen-bond donors (Lipinski definition) is 2. The predicted octanol–water partition coefficient (Wildman–Crippen LogP) is 2.47. The van der Waals surface area contributed by atoms with E-state index in [1.807, 2.05) is 6.92 Å². The van der Waals surface area contributed by atoms with Crippen LogP contribution in [0.4, 0.5) is 0 Å². The van der Waals surface area contributed by atoms with Crippen molar-refractivity contribution < 1.29 is 8.42 Å². The number of rotatable bonds is 6. The van der Waals surface area contributed by atoms with Crippen LogP contribution in [-0.4, -0.2) is 21.0 Å². The van der Waals surface area contributed by atoms with Gasteiger partial charge in [0.25, 0.3) is 0 Å². The number of nitrogens with one attached hydrogen (secondary N) is 1. The number of halogens is 1. The molecule has 18 heavy (non-hydrogen) atoms. The molecule has 0 radical (unpaired) electrons. The number of thiophene rings is 1. The summed E-state index contributed by atoms with van der Waals surface area (Å²) in [4.78, 5) is 0. The molecule has 1 aromatic heterocycles. The van der Waals surface area contributed by atoms with Gasteiger partial charge in [-0.2, -0.15) is 0 Å². The van der Waals surface area contributed by atoms with Gasteiger partial charge < -0.3 is 5.73 Å². The number of sulfonamides is 1. The first kappa shape index (κ1) is 16.1. The molecule has 1 rings (SSSR count). The molecule has 3 N–H and O–H groups in total. The molecule has 0 aliphatic rings. The molecule has 0 saturated heterocycles. The van der Waals surface area contributed by atoms with Crippen molar-refractivity contribution in [3.05, 3.63) is 15.4 Å². The Morgan fingerprint density at radius 1 is 1.50 bits per heavy atom. The minimum absolute atomic E-state index is 0.149. The lowest BCUT2D eigenvalue weighted by molar-refractivity contribution is 0.486. The van der Waals surface area contributed by atoms with Gasteiger partial charge in [0.1, 0.15) is 4.21 Å². The number of hydrogen-bond acceptors (Lipinski definition) is 4. The summed E-state index contributed by atoms with van der Waals surface area (Å²) in [5.74, 6) is 0.461. The molecule has 0 saturated carbocycles. The molecule has 0 aliphatic carbocycles. The van der Waals surface area contributed by atoms with Crippen LogP contribution in [0.3, 0.4) is 0 Å². The van der Waals surface area contributed by atoms with Gasteiger partial charge in [-0.3, -0.25) is 0 Å². The fraction of sp³-hybridized carbons (Fsp3) is 0.636. The van der Waals surface area contributed by atoms with Crippen molar-refractivity contribution in [3.63, 3.8) is 0 Å². The zero-order valence-corrected chi connectivity index (χ0v) is 14.0. The maximum Gasteiger partial charge on any atom is 0.250 e. The Morgan fingerprint density at radius 2 is 2.11 bits per heavy atom. The van der Waals surface area contributed by atoms with Crippen molar-refractivity contribution >= 4 is 37.3 Å². The second-order valence-corrected chi connectivity index (χ2v) is 9.13. The Morgan fingerprint density at radius 3 is 2.56 bits per heavy atom. The van der Waals surface area contributed by atoms with Crippen molar-refractivity contribution in [1.29, 1.82) is 0 Å². The van der Waals surface area contributed by atoms with Crippen molar-refractivity contribution in [2.24, 2.45) is 11.7 Å². The van der Waals surface area contributed by atoms with Crippen molar-refractivity contribution in [2.75, 3.05) is 6.54 Å². The minimum Gasteiger partial charge on any atom is -0.327 e. The molecule has 4 nitrogen and oxygen atoms in total. The first-order valence-corrected chi connectivity index (χ1v) is 8.83. The third-order valence-corrected chi connectivity index (χ3v) is 6.44. The van der Waals surface area contributed by atoms with E-state index < -0.39 is 10.0 Å². The SMILES string of the molecule is Cc1cc(S(=O)(=O)NCC(N)CC(C)C)sc1Br. The van der Waals surface area contributed by atoms with Crippen LogP contribution in [0, 0.1) is 12.8 Å². The van der Waals surface area contributed by atoms with Crippen molar-refractivity contribution in [3.8, 4) is 0 Å². The van der Waals surface area contributed by atoms with E-state index in [0.717, 1.165) is 15.8 Å². The highest BCUT2D eigenvalue weighted by Crippen LogP contribution is 2.30. The second-order valence-electron chi connectivity index (χ2n) is 4.76. The molecular formula is C11H19BrN2O2S2. The fourth-order valence-corrected chi connectivity index (χ4v) is 4.91. The zero-order valence-electron chi connectivity index (χ0n) is 10.7. The van der Waals surface area contributed by atoms with Crippen LogP contribution in [0.25, 0.3) is 0 Å². The maximum absolute atomic E-state index is 12.0. The summed E-state index contributed by atoms with van der Waals surface area (Å²) in [6, 6.07) is 1.51. The highest BCUT2D eigenvalue weighted by Gasteiger charge is 2.19. The fourth-order valence-electron chi connectivity index (χ4n) is 1.54. The van der Waals surface area contributed by atoms with Gasteiger partial charge in [0.2, 0.25) is 10.0 Å². The lowest BCUT2D eigenvalue weighted by Crippen LogP contribution is -2.37. The van der Waals surface area contributed by atoms with Crippen molar-refractivity contribution in [1.82, 2.24) is 4.72 Å². The molecule has 1 unspecified atom stereocenters. The Hall–Kier alpha value is 0.0500. The maximum atomic E-state index is 12.0. The summed E-state index contributed by atoms with van der Waals surface area (Å²) in [5.41, 5.74) is 6.79. The van der Waals surface area contributed by atoms with Crippen molar-refractivity contribution in [2.45, 2.75) is 37.4 Å². The third kappa shape index (κ3) is 4.62. The molecule has 1 aromatic rings. The topological polar surface area (TPSA) is 72.2 Å². The van der Waals surface area contributed by atoms with E-state index in [4.69, 9.17) is 5.73 Å². The largest absolute Gasteiger partial charge is 0.327 e. The molecule has 1 heterocycles. The van der Waals surface area contributed by atoms with Crippen LogP contribution in [0.2, 0.25) is 0 Å². The van der Waals surface area contributed by atoms with E-state index in [-0.39, 0.29) is 12.6 Å². The standard InChI is InChI=1S/C11H19BrN2O2S2/c1-7(2)4-9(13)6-14-18(15,16)10-5-8(3)11(12)17-10/h5,7,9,14H,4,6,13H2,1-3H3. The Labute approximate surface area is 121 Å². The molecule has 0 spiro atoms. The Kier molecular flexibility index (Phi) is 5.79. The number of nitrogens with two attached hydrogens (primary N) is 1. The monoisotopic (exact) mass is 354 g/mol. The van der Waals surface area contributed by atoms with Crippen LogP contribution >= 0.6 is 27.3 Å². The molecule has 0 aromatic carbocycles. The highest BCUT2D eigenvalue weighted by molar-refractivity contribution is 9.11. The van der Waals surface area contributed by atoms with Gasteiger partial charge in [-0.1, -0.05) is 13.8 Å². The normalized spacial score (nSPS) is 14.1. The lowest BCUT2D eigenvalue weighted by atomic mass is 10.1. The zero-order chi connectivity index (χ0) is 13.9. The highest BCUT2D eigenvalue weighted by atomic mass is 79.9. The van der Waals surface area contributed by atoms with Gasteiger partial charge in [0.15, 0.2) is 0 Å². The van der Waals surface area contributed by atoms with E-state index >= 15 is 0 Å². The van der Waals surface area contributed by atoms with E-state index in [2.05, 4.69) is 34.5 Å². The molecule has 7 heteroatoms.